The predicted octanol–water partition coefficient (Wildman–Crippen LogP) is -4.69. The topological polar surface area (TPSA) is 0 Å². The van der Waals surface area contributed by atoms with Gasteiger partial charge in [0.2, 0.25) is 0 Å². The molecule has 0 amide bonds. The molecule has 2 aromatic carbocycles. The zero-order valence-electron chi connectivity index (χ0n) is 13.5. The second kappa shape index (κ2) is 20.8. The first kappa shape index (κ1) is 28.5. The van der Waals surface area contributed by atoms with Gasteiger partial charge in [-0.3, -0.25) is 6.07 Å². The van der Waals surface area contributed by atoms with Crippen LogP contribution < -0.4 is 175 Å². The number of rotatable bonds is 3. The Labute approximate surface area is 271 Å². The van der Waals surface area contributed by atoms with Crippen LogP contribution in [0.4, 0.5) is 0 Å². The molecule has 0 radical (unpaired) electrons. The number of hydrogen-bond acceptors (Lipinski definition) is 0. The summed E-state index contributed by atoms with van der Waals surface area (Å²) in [6.45, 7) is 4.17. The van der Waals surface area contributed by atoms with Crippen LogP contribution >= 0.6 is 0 Å². The molecule has 20 heavy (non-hydrogen) atoms. The van der Waals surface area contributed by atoms with Gasteiger partial charge in [0.15, 0.2) is 0 Å². The summed E-state index contributed by atoms with van der Waals surface area (Å²) in [4.78, 5) is 0. The standard InChI is InChI=1S/C9H11.C8H7.3Rb/c1-2-6-9-7-4-3-5-8-9;1-2-8-6-4-3-5-7-8;;;/h3-5,7H,2,6H2,1H3;2-4,7H,1H3;;;/q-1;-3;3*+1. The summed E-state index contributed by atoms with van der Waals surface area (Å²) in [5.41, 5.74) is 2.42. The largest absolute Gasteiger partial charge is 1.00 e. The molecule has 0 nitrogen and oxygen atoms in total. The van der Waals surface area contributed by atoms with E-state index >= 15 is 0 Å². The predicted molar refractivity (Wildman–Crippen MR) is 72.5 cm³/mol. The zero-order valence-corrected chi connectivity index (χ0v) is 28.3. The van der Waals surface area contributed by atoms with Crippen LogP contribution in [0.25, 0.3) is 0 Å². The third kappa shape index (κ3) is 15.3. The van der Waals surface area contributed by atoms with Crippen molar-refractivity contribution in [2.75, 3.05) is 0 Å². The minimum Gasteiger partial charge on any atom is -0.487 e. The van der Waals surface area contributed by atoms with Crippen LogP contribution in [-0.2, 0) is 6.42 Å². The van der Waals surface area contributed by atoms with Crippen LogP contribution in [0.2, 0.25) is 0 Å². The number of hydrogen-bond donors (Lipinski definition) is 0. The average molecular weight is 479 g/mol. The Bertz CT molecular complexity index is 387. The van der Waals surface area contributed by atoms with Gasteiger partial charge in [-0.1, -0.05) is 19.8 Å². The summed E-state index contributed by atoms with van der Waals surface area (Å²) in [7, 11) is 0. The molecule has 0 aliphatic carbocycles. The molecular formula is C17H18Rb3-. The van der Waals surface area contributed by atoms with Gasteiger partial charge in [-0.15, -0.1) is 6.92 Å². The summed E-state index contributed by atoms with van der Waals surface area (Å²) in [6, 6.07) is 22.9. The number of benzene rings is 2. The first-order chi connectivity index (χ1) is 8.36. The first-order valence-corrected chi connectivity index (χ1v) is 5.99. The van der Waals surface area contributed by atoms with Crippen molar-refractivity contribution in [3.63, 3.8) is 0 Å². The summed E-state index contributed by atoms with van der Waals surface area (Å²) >= 11 is 0. The van der Waals surface area contributed by atoms with E-state index in [2.05, 4.69) is 37.3 Å². The van der Waals surface area contributed by atoms with Crippen molar-refractivity contribution in [2.24, 2.45) is 0 Å². The Kier molecular flexibility index (Phi) is 29.6. The first-order valence-electron chi connectivity index (χ1n) is 5.99. The van der Waals surface area contributed by atoms with E-state index < -0.39 is 0 Å². The molecule has 2 rings (SSSR count). The summed E-state index contributed by atoms with van der Waals surface area (Å²) in [5, 5.41) is 0. The molecule has 0 unspecified atom stereocenters. The smallest absolute Gasteiger partial charge is 0.487 e. The van der Waals surface area contributed by atoms with Gasteiger partial charge in [0.05, 0.1) is 0 Å². The minimum atomic E-state index is 0. The van der Waals surface area contributed by atoms with Gasteiger partial charge >= 0.3 is 175 Å². The third-order valence-corrected chi connectivity index (χ3v) is 2.27. The van der Waals surface area contributed by atoms with Crippen molar-refractivity contribution in [2.45, 2.75) is 26.7 Å². The third-order valence-electron chi connectivity index (χ3n) is 2.27. The maximum absolute atomic E-state index is 3.17. The van der Waals surface area contributed by atoms with Crippen molar-refractivity contribution >= 4 is 0 Å². The fourth-order valence-corrected chi connectivity index (χ4v) is 1.39. The van der Waals surface area contributed by atoms with Crippen molar-refractivity contribution < 1.29 is 175 Å². The second-order valence-electron chi connectivity index (χ2n) is 3.67. The van der Waals surface area contributed by atoms with E-state index in [-0.39, 0.29) is 175 Å². The van der Waals surface area contributed by atoms with E-state index in [0.717, 1.165) is 12.0 Å². The number of aryl methyl sites for hydroxylation is 1. The second-order valence-corrected chi connectivity index (χ2v) is 3.67. The molecule has 0 aromatic heterocycles. The fourth-order valence-electron chi connectivity index (χ4n) is 1.39. The normalized spacial score (nSPS) is 7.70. The molecule has 2 aromatic rings. The Morgan fingerprint density at radius 1 is 1.00 bits per heavy atom. The van der Waals surface area contributed by atoms with E-state index in [0.29, 0.717) is 0 Å². The van der Waals surface area contributed by atoms with Gasteiger partial charge < -0.3 is 30.2 Å². The Hall–Kier alpha value is 3.73. The van der Waals surface area contributed by atoms with Crippen molar-refractivity contribution in [1.82, 2.24) is 0 Å². The van der Waals surface area contributed by atoms with Crippen molar-refractivity contribution in [3.05, 3.63) is 78.2 Å². The van der Waals surface area contributed by atoms with Crippen LogP contribution in [0.3, 0.4) is 0 Å². The molecule has 0 saturated heterocycles. The maximum Gasteiger partial charge on any atom is 1.00 e. The fraction of sp³-hybridized carbons (Fsp3) is 0.235. The van der Waals surface area contributed by atoms with Crippen LogP contribution in [0.5, 0.6) is 0 Å². The van der Waals surface area contributed by atoms with E-state index in [1.165, 1.54) is 12.0 Å². The molecule has 3 heteroatoms. The Morgan fingerprint density at radius 2 is 1.75 bits per heavy atom. The van der Waals surface area contributed by atoms with Gasteiger partial charge in [-0.2, -0.15) is 35.9 Å². The SMILES string of the molecule is CCCc1[c-]cccc1.C[CH-]c1[c-]cc[c-]c1.[Rb+].[Rb+].[Rb+]. The molecule has 0 saturated carbocycles. The Morgan fingerprint density at radius 3 is 2.15 bits per heavy atom. The van der Waals surface area contributed by atoms with Crippen molar-refractivity contribution in [3.8, 4) is 0 Å². The Balaban J connectivity index is -0.000000252. The summed E-state index contributed by atoms with van der Waals surface area (Å²) in [6.07, 6.45) is 4.36. The van der Waals surface area contributed by atoms with Gasteiger partial charge in [0, 0.05) is 0 Å². The van der Waals surface area contributed by atoms with Gasteiger partial charge in [0.1, 0.15) is 0 Å². The molecule has 0 heterocycles. The van der Waals surface area contributed by atoms with Gasteiger partial charge in [-0.05, 0) is 0 Å². The van der Waals surface area contributed by atoms with Crippen molar-refractivity contribution in [1.29, 1.82) is 0 Å². The molecule has 0 aliphatic heterocycles. The molecule has 0 N–H and O–H groups in total. The van der Waals surface area contributed by atoms with E-state index in [1.807, 2.05) is 43.7 Å². The van der Waals surface area contributed by atoms with E-state index in [4.69, 9.17) is 0 Å². The molecule has 0 atom stereocenters. The van der Waals surface area contributed by atoms with E-state index in [9.17, 15) is 0 Å². The molecular weight excluding hydrogens is 461 g/mol. The average Bonchev–Trinajstić information content (AvgIpc) is 2.42. The quantitative estimate of drug-likeness (QED) is 0.389. The molecule has 0 spiro atoms. The van der Waals surface area contributed by atoms with Gasteiger partial charge in [0.25, 0.3) is 0 Å². The van der Waals surface area contributed by atoms with Crippen LogP contribution in [0.15, 0.2) is 42.5 Å². The maximum atomic E-state index is 3.17. The molecule has 90 valence electrons. The van der Waals surface area contributed by atoms with Crippen LogP contribution in [0.1, 0.15) is 31.4 Å². The molecule has 0 bridgehead atoms. The monoisotopic (exact) mass is 477 g/mol. The van der Waals surface area contributed by atoms with Crippen LogP contribution in [-0.4, -0.2) is 0 Å². The molecule has 0 fully saturated rings. The minimum absolute atomic E-state index is 0. The van der Waals surface area contributed by atoms with Gasteiger partial charge in [-0.25, -0.2) is 6.07 Å². The summed E-state index contributed by atoms with van der Waals surface area (Å²) < 4.78 is 0. The summed E-state index contributed by atoms with van der Waals surface area (Å²) in [5.74, 6) is 0. The zero-order chi connectivity index (χ0) is 12.3. The molecule has 0 aliphatic rings. The van der Waals surface area contributed by atoms with Crippen LogP contribution in [0, 0.1) is 24.6 Å². The van der Waals surface area contributed by atoms with E-state index in [1.54, 1.807) is 0 Å².